The third-order valence-corrected chi connectivity index (χ3v) is 3.68. The lowest BCUT2D eigenvalue weighted by molar-refractivity contribution is 0.481. The highest BCUT2D eigenvalue weighted by atomic mass is 79.9. The Kier molecular flexibility index (Phi) is 1.94. The fraction of sp³-hybridized carbons (Fsp3) is 0.0833. The molecule has 0 unspecified atom stereocenters. The lowest BCUT2D eigenvalue weighted by Gasteiger charge is -2.02. The maximum atomic E-state index is 9.76. The zero-order valence-electron chi connectivity index (χ0n) is 8.61. The molecule has 0 aliphatic rings. The summed E-state index contributed by atoms with van der Waals surface area (Å²) in [6.45, 7) is 1.95. The van der Waals surface area contributed by atoms with Gasteiger partial charge in [-0.3, -0.25) is 4.40 Å². The fourth-order valence-electron chi connectivity index (χ4n) is 1.92. The minimum atomic E-state index is 0.289. The number of aromatic hydroxyl groups is 1. The van der Waals surface area contributed by atoms with E-state index < -0.39 is 0 Å². The number of imidazole rings is 1. The average Bonchev–Trinajstić information content (AvgIpc) is 2.56. The Morgan fingerprint density at radius 3 is 2.88 bits per heavy atom. The molecule has 3 aromatic rings. The molecule has 0 saturated heterocycles. The van der Waals surface area contributed by atoms with Gasteiger partial charge in [0.1, 0.15) is 16.0 Å². The van der Waals surface area contributed by atoms with Gasteiger partial charge in [-0.25, -0.2) is 4.98 Å². The Morgan fingerprint density at radius 2 is 2.06 bits per heavy atom. The van der Waals surface area contributed by atoms with Gasteiger partial charge in [0, 0.05) is 17.0 Å². The Morgan fingerprint density at radius 1 is 1.25 bits per heavy atom. The smallest absolute Gasteiger partial charge is 0.145 e. The van der Waals surface area contributed by atoms with E-state index in [1.165, 1.54) is 0 Å². The summed E-state index contributed by atoms with van der Waals surface area (Å²) in [5, 5.41) is 11.5. The lowest BCUT2D eigenvalue weighted by Crippen LogP contribution is -1.86. The summed E-state index contributed by atoms with van der Waals surface area (Å²) in [5.41, 5.74) is 1.80. The van der Waals surface area contributed by atoms with Gasteiger partial charge in [0.25, 0.3) is 0 Å². The Hall–Kier alpha value is -1.55. The van der Waals surface area contributed by atoms with Crippen LogP contribution in [0.3, 0.4) is 0 Å². The second-order valence-corrected chi connectivity index (χ2v) is 4.49. The van der Waals surface area contributed by atoms with Crippen LogP contribution in [0.5, 0.6) is 5.75 Å². The predicted octanol–water partition coefficient (Wildman–Crippen LogP) is 3.26. The average molecular weight is 277 g/mol. The van der Waals surface area contributed by atoms with E-state index in [2.05, 4.69) is 20.9 Å². The summed E-state index contributed by atoms with van der Waals surface area (Å²) < 4.78 is 2.92. The van der Waals surface area contributed by atoms with Crippen molar-refractivity contribution in [1.82, 2.24) is 9.38 Å². The standard InChI is InChI=1S/C12H9BrN2O/c1-7-11(13)15-6-5-8-9(12(15)14-7)3-2-4-10(8)16/h2-6,16H,1H3. The summed E-state index contributed by atoms with van der Waals surface area (Å²) in [4.78, 5) is 4.49. The minimum Gasteiger partial charge on any atom is -0.507 e. The molecule has 0 aliphatic heterocycles. The predicted molar refractivity (Wildman–Crippen MR) is 66.8 cm³/mol. The topological polar surface area (TPSA) is 37.5 Å². The Balaban J connectivity index is 2.60. The molecule has 4 heteroatoms. The molecule has 3 rings (SSSR count). The van der Waals surface area contributed by atoms with Gasteiger partial charge in [-0.2, -0.15) is 0 Å². The van der Waals surface area contributed by atoms with Crippen LogP contribution in [0.15, 0.2) is 35.1 Å². The Bertz CT molecular complexity index is 703. The zero-order chi connectivity index (χ0) is 11.3. The van der Waals surface area contributed by atoms with Crippen molar-refractivity contribution in [3.63, 3.8) is 0 Å². The first-order chi connectivity index (χ1) is 7.68. The van der Waals surface area contributed by atoms with Gasteiger partial charge in [0.05, 0.1) is 5.69 Å². The van der Waals surface area contributed by atoms with Gasteiger partial charge in [-0.05, 0) is 35.0 Å². The van der Waals surface area contributed by atoms with Crippen molar-refractivity contribution in [2.75, 3.05) is 0 Å². The normalized spacial score (nSPS) is 11.4. The molecule has 2 aromatic heterocycles. The number of phenols is 1. The van der Waals surface area contributed by atoms with Crippen LogP contribution in [0.1, 0.15) is 5.69 Å². The summed E-state index contributed by atoms with van der Waals surface area (Å²) in [6, 6.07) is 7.37. The van der Waals surface area contributed by atoms with Crippen LogP contribution in [0.4, 0.5) is 0 Å². The van der Waals surface area contributed by atoms with Crippen LogP contribution >= 0.6 is 15.9 Å². The summed E-state index contributed by atoms with van der Waals surface area (Å²) in [6.07, 6.45) is 1.90. The van der Waals surface area contributed by atoms with Crippen LogP contribution in [-0.4, -0.2) is 14.5 Å². The van der Waals surface area contributed by atoms with Crippen LogP contribution in [0.2, 0.25) is 0 Å². The minimum absolute atomic E-state index is 0.289. The molecule has 0 spiro atoms. The van der Waals surface area contributed by atoms with Gasteiger partial charge in [-0.1, -0.05) is 12.1 Å². The molecule has 2 heterocycles. The molecule has 80 valence electrons. The number of aryl methyl sites for hydroxylation is 1. The second-order valence-electron chi connectivity index (χ2n) is 3.74. The molecule has 0 aliphatic carbocycles. The van der Waals surface area contributed by atoms with E-state index >= 15 is 0 Å². The van der Waals surface area contributed by atoms with E-state index in [4.69, 9.17) is 0 Å². The third kappa shape index (κ3) is 1.16. The molecular weight excluding hydrogens is 268 g/mol. The van der Waals surface area contributed by atoms with Crippen LogP contribution in [0, 0.1) is 6.92 Å². The van der Waals surface area contributed by atoms with Gasteiger partial charge in [-0.15, -0.1) is 0 Å². The largest absolute Gasteiger partial charge is 0.507 e. The molecule has 0 saturated carbocycles. The molecule has 0 amide bonds. The van der Waals surface area contributed by atoms with Crippen LogP contribution in [-0.2, 0) is 0 Å². The van der Waals surface area contributed by atoms with E-state index in [1.807, 2.05) is 35.7 Å². The second kappa shape index (κ2) is 3.22. The molecule has 0 bridgehead atoms. The van der Waals surface area contributed by atoms with Gasteiger partial charge < -0.3 is 5.11 Å². The highest BCUT2D eigenvalue weighted by Crippen LogP contribution is 2.29. The lowest BCUT2D eigenvalue weighted by atomic mass is 10.1. The molecule has 3 nitrogen and oxygen atoms in total. The number of rotatable bonds is 0. The molecular formula is C12H9BrN2O. The quantitative estimate of drug-likeness (QED) is 0.684. The van der Waals surface area contributed by atoms with Crippen molar-refractivity contribution >= 4 is 32.3 Å². The van der Waals surface area contributed by atoms with E-state index in [0.29, 0.717) is 0 Å². The Labute approximate surface area is 100 Å². The third-order valence-electron chi connectivity index (χ3n) is 2.73. The zero-order valence-corrected chi connectivity index (χ0v) is 10.2. The van der Waals surface area contributed by atoms with Crippen molar-refractivity contribution in [3.05, 3.63) is 40.8 Å². The first kappa shape index (κ1) is 9.66. The first-order valence-corrected chi connectivity index (χ1v) is 5.72. The van der Waals surface area contributed by atoms with Crippen molar-refractivity contribution in [1.29, 1.82) is 0 Å². The molecule has 0 radical (unpaired) electrons. The number of phenolic OH excluding ortho intramolecular Hbond substituents is 1. The van der Waals surface area contributed by atoms with E-state index in [1.54, 1.807) is 6.07 Å². The monoisotopic (exact) mass is 276 g/mol. The number of nitrogens with zero attached hydrogens (tertiary/aromatic N) is 2. The van der Waals surface area contributed by atoms with E-state index in [-0.39, 0.29) is 5.75 Å². The molecule has 1 aromatic carbocycles. The number of halogens is 1. The number of hydrogen-bond acceptors (Lipinski definition) is 2. The number of hydrogen-bond donors (Lipinski definition) is 1. The number of pyridine rings is 1. The van der Waals surface area contributed by atoms with Crippen molar-refractivity contribution in [3.8, 4) is 5.75 Å². The van der Waals surface area contributed by atoms with Crippen molar-refractivity contribution in [2.45, 2.75) is 6.92 Å². The first-order valence-electron chi connectivity index (χ1n) is 4.93. The number of aromatic nitrogens is 2. The number of fused-ring (bicyclic) bond motifs is 3. The maximum absolute atomic E-state index is 9.76. The van der Waals surface area contributed by atoms with Crippen molar-refractivity contribution in [2.24, 2.45) is 0 Å². The molecule has 0 atom stereocenters. The summed E-state index contributed by atoms with van der Waals surface area (Å²) >= 11 is 3.49. The van der Waals surface area contributed by atoms with E-state index in [0.717, 1.165) is 26.7 Å². The molecule has 1 N–H and O–H groups in total. The van der Waals surface area contributed by atoms with Crippen molar-refractivity contribution < 1.29 is 5.11 Å². The molecule has 0 fully saturated rings. The van der Waals surface area contributed by atoms with Crippen LogP contribution < -0.4 is 0 Å². The fourth-order valence-corrected chi connectivity index (χ4v) is 2.30. The summed E-state index contributed by atoms with van der Waals surface area (Å²) in [7, 11) is 0. The molecule has 16 heavy (non-hydrogen) atoms. The number of benzene rings is 1. The van der Waals surface area contributed by atoms with Crippen LogP contribution in [0.25, 0.3) is 16.4 Å². The van der Waals surface area contributed by atoms with E-state index in [9.17, 15) is 5.11 Å². The maximum Gasteiger partial charge on any atom is 0.145 e. The van der Waals surface area contributed by atoms with Gasteiger partial charge in [0.2, 0.25) is 0 Å². The SMILES string of the molecule is Cc1nc2c3cccc(O)c3ccn2c1Br. The van der Waals surface area contributed by atoms with Gasteiger partial charge in [0.15, 0.2) is 0 Å². The van der Waals surface area contributed by atoms with Gasteiger partial charge >= 0.3 is 0 Å². The highest BCUT2D eigenvalue weighted by molar-refractivity contribution is 9.10. The summed E-state index contributed by atoms with van der Waals surface area (Å²) in [5.74, 6) is 0.289. The highest BCUT2D eigenvalue weighted by Gasteiger charge is 2.09.